The van der Waals surface area contributed by atoms with Crippen LogP contribution < -0.4 is 9.64 Å². The number of benzene rings is 1. The molecule has 154 valence electrons. The second-order valence-corrected chi connectivity index (χ2v) is 7.80. The number of anilines is 1. The van der Waals surface area contributed by atoms with Crippen molar-refractivity contribution in [1.29, 1.82) is 0 Å². The predicted octanol–water partition coefficient (Wildman–Crippen LogP) is 2.77. The lowest BCUT2D eigenvalue weighted by Crippen LogP contribution is -2.34. The summed E-state index contributed by atoms with van der Waals surface area (Å²) in [4.78, 5) is 30.3. The van der Waals surface area contributed by atoms with Crippen LogP contribution in [-0.4, -0.2) is 58.5 Å². The van der Waals surface area contributed by atoms with Gasteiger partial charge < -0.3 is 14.5 Å². The van der Waals surface area contributed by atoms with Gasteiger partial charge >= 0.3 is 0 Å². The fraction of sp³-hybridized carbons (Fsp3) is 0.364. The highest BCUT2D eigenvalue weighted by Gasteiger charge is 2.43. The number of amides is 1. The van der Waals surface area contributed by atoms with E-state index < -0.39 is 0 Å². The summed E-state index contributed by atoms with van der Waals surface area (Å²) >= 11 is 0. The monoisotopic (exact) mass is 407 g/mol. The lowest BCUT2D eigenvalue weighted by Gasteiger charge is -2.22. The van der Waals surface area contributed by atoms with Crippen LogP contribution in [0.1, 0.15) is 17.3 Å². The largest absolute Gasteiger partial charge is 0.477 e. The number of ether oxygens (including phenoxy) is 1. The Morgan fingerprint density at radius 2 is 1.97 bits per heavy atom. The Labute approximate surface area is 173 Å². The summed E-state index contributed by atoms with van der Waals surface area (Å²) in [5.41, 5.74) is 1.25. The molecule has 1 aromatic carbocycles. The van der Waals surface area contributed by atoms with E-state index in [1.165, 1.54) is 12.1 Å². The van der Waals surface area contributed by atoms with Gasteiger partial charge in [0.2, 0.25) is 11.8 Å². The summed E-state index contributed by atoms with van der Waals surface area (Å²) < 4.78 is 18.9. The van der Waals surface area contributed by atoms with Crippen molar-refractivity contribution in [2.24, 2.45) is 11.8 Å². The third-order valence-corrected chi connectivity index (χ3v) is 5.87. The Kier molecular flexibility index (Phi) is 4.69. The minimum absolute atomic E-state index is 0.0310. The molecule has 2 aliphatic rings. The first-order valence-corrected chi connectivity index (χ1v) is 10.2. The first-order valence-electron chi connectivity index (χ1n) is 10.2. The number of carbonyl (C=O) groups excluding carboxylic acids is 1. The number of pyridine rings is 1. The van der Waals surface area contributed by atoms with Gasteiger partial charge in [0, 0.05) is 55.8 Å². The molecule has 0 radical (unpaired) electrons. The van der Waals surface area contributed by atoms with Crippen molar-refractivity contribution in [2.75, 3.05) is 37.7 Å². The quantitative estimate of drug-likeness (QED) is 0.662. The molecule has 3 aromatic rings. The maximum Gasteiger partial charge on any atom is 0.259 e. The van der Waals surface area contributed by atoms with E-state index in [0.29, 0.717) is 54.3 Å². The molecule has 2 aromatic heterocycles. The molecule has 0 N–H and O–H groups in total. The van der Waals surface area contributed by atoms with E-state index in [9.17, 15) is 9.18 Å². The Hall–Kier alpha value is -3.29. The zero-order valence-electron chi connectivity index (χ0n) is 16.7. The van der Waals surface area contributed by atoms with Gasteiger partial charge in [-0.1, -0.05) is 0 Å². The molecule has 0 saturated carbocycles. The molecular formula is C22H22FN5O2. The highest BCUT2D eigenvalue weighted by molar-refractivity contribution is 5.96. The van der Waals surface area contributed by atoms with Gasteiger partial charge in [-0.25, -0.2) is 19.3 Å². The number of halogens is 1. The molecular weight excluding hydrogens is 385 g/mol. The molecule has 2 atom stereocenters. The highest BCUT2D eigenvalue weighted by atomic mass is 19.1. The average Bonchev–Trinajstić information content (AvgIpc) is 3.33. The van der Waals surface area contributed by atoms with Crippen molar-refractivity contribution in [3.8, 4) is 5.88 Å². The first-order chi connectivity index (χ1) is 14.6. The normalized spacial score (nSPS) is 20.6. The second-order valence-electron chi connectivity index (χ2n) is 7.80. The number of hydrogen-bond acceptors (Lipinski definition) is 6. The zero-order chi connectivity index (χ0) is 20.7. The van der Waals surface area contributed by atoms with Gasteiger partial charge in [-0.05, 0) is 37.3 Å². The second kappa shape index (κ2) is 7.51. The smallest absolute Gasteiger partial charge is 0.259 e. The standard InChI is InChI=1S/C22H22FN5O2/c1-2-30-20-18(4-3-7-24-20)21(29)27-10-15-12-28(13-16(15)11-27)22-25-9-14-8-17(23)5-6-19(14)26-22/h3-9,15-16H,2,10-13H2,1H3. The van der Waals surface area contributed by atoms with Gasteiger partial charge in [-0.15, -0.1) is 0 Å². The van der Waals surface area contributed by atoms with Gasteiger partial charge in [-0.3, -0.25) is 4.79 Å². The highest BCUT2D eigenvalue weighted by Crippen LogP contribution is 2.34. The van der Waals surface area contributed by atoms with Crippen molar-refractivity contribution in [2.45, 2.75) is 6.92 Å². The predicted molar refractivity (Wildman–Crippen MR) is 110 cm³/mol. The van der Waals surface area contributed by atoms with Crippen LogP contribution in [0.5, 0.6) is 5.88 Å². The minimum atomic E-state index is -0.291. The number of carbonyl (C=O) groups is 1. The third kappa shape index (κ3) is 3.32. The lowest BCUT2D eigenvalue weighted by molar-refractivity contribution is 0.0777. The van der Waals surface area contributed by atoms with Crippen molar-refractivity contribution in [1.82, 2.24) is 19.9 Å². The van der Waals surface area contributed by atoms with Gasteiger partial charge in [0.1, 0.15) is 11.4 Å². The topological polar surface area (TPSA) is 71.5 Å². The molecule has 0 spiro atoms. The molecule has 2 unspecified atom stereocenters. The number of hydrogen-bond donors (Lipinski definition) is 0. The number of likely N-dealkylation sites (tertiary alicyclic amines) is 1. The molecule has 5 rings (SSSR count). The van der Waals surface area contributed by atoms with Crippen LogP contribution in [0.2, 0.25) is 0 Å². The SMILES string of the molecule is CCOc1ncccc1C(=O)N1CC2CN(c3ncc4cc(F)ccc4n3)CC2C1. The van der Waals surface area contributed by atoms with E-state index in [1.807, 2.05) is 11.8 Å². The Morgan fingerprint density at radius 1 is 1.17 bits per heavy atom. The van der Waals surface area contributed by atoms with E-state index >= 15 is 0 Å². The Bertz CT molecular complexity index is 1090. The van der Waals surface area contributed by atoms with Crippen LogP contribution in [0, 0.1) is 17.7 Å². The van der Waals surface area contributed by atoms with E-state index in [1.54, 1.807) is 30.6 Å². The van der Waals surface area contributed by atoms with Crippen LogP contribution in [0.25, 0.3) is 10.9 Å². The lowest BCUT2D eigenvalue weighted by atomic mass is 10.0. The molecule has 8 heteroatoms. The van der Waals surface area contributed by atoms with Gasteiger partial charge in [0.25, 0.3) is 5.91 Å². The van der Waals surface area contributed by atoms with Gasteiger partial charge in [0.05, 0.1) is 12.1 Å². The molecule has 0 bridgehead atoms. The van der Waals surface area contributed by atoms with Gasteiger partial charge in [0.15, 0.2) is 0 Å². The van der Waals surface area contributed by atoms with Crippen LogP contribution in [0.3, 0.4) is 0 Å². The molecule has 2 saturated heterocycles. The molecule has 7 nitrogen and oxygen atoms in total. The molecule has 2 fully saturated rings. The fourth-order valence-corrected chi connectivity index (χ4v) is 4.44. The maximum atomic E-state index is 13.4. The summed E-state index contributed by atoms with van der Waals surface area (Å²) in [6.07, 6.45) is 3.30. The van der Waals surface area contributed by atoms with Crippen LogP contribution in [0.15, 0.2) is 42.7 Å². The fourth-order valence-electron chi connectivity index (χ4n) is 4.44. The van der Waals surface area contributed by atoms with E-state index in [0.717, 1.165) is 18.6 Å². The van der Waals surface area contributed by atoms with Crippen LogP contribution in [-0.2, 0) is 0 Å². The Morgan fingerprint density at radius 3 is 2.73 bits per heavy atom. The summed E-state index contributed by atoms with van der Waals surface area (Å²) in [6, 6.07) is 8.06. The molecule has 0 aliphatic carbocycles. The summed E-state index contributed by atoms with van der Waals surface area (Å²) in [5, 5.41) is 0.691. The zero-order valence-corrected chi connectivity index (χ0v) is 16.7. The van der Waals surface area contributed by atoms with E-state index in [2.05, 4.69) is 19.9 Å². The summed E-state index contributed by atoms with van der Waals surface area (Å²) in [5.74, 6) is 1.47. The van der Waals surface area contributed by atoms with E-state index in [4.69, 9.17) is 4.74 Å². The van der Waals surface area contributed by atoms with Crippen LogP contribution >= 0.6 is 0 Å². The molecule has 4 heterocycles. The maximum absolute atomic E-state index is 13.4. The third-order valence-electron chi connectivity index (χ3n) is 5.87. The van der Waals surface area contributed by atoms with Crippen molar-refractivity contribution >= 4 is 22.8 Å². The molecule has 2 aliphatic heterocycles. The molecule has 30 heavy (non-hydrogen) atoms. The average molecular weight is 407 g/mol. The van der Waals surface area contributed by atoms with E-state index in [-0.39, 0.29) is 11.7 Å². The van der Waals surface area contributed by atoms with Crippen molar-refractivity contribution in [3.05, 3.63) is 54.1 Å². The van der Waals surface area contributed by atoms with Crippen molar-refractivity contribution < 1.29 is 13.9 Å². The van der Waals surface area contributed by atoms with Crippen molar-refractivity contribution in [3.63, 3.8) is 0 Å². The Balaban J connectivity index is 1.29. The summed E-state index contributed by atoms with van der Waals surface area (Å²) in [6.45, 7) is 5.33. The number of nitrogens with zero attached hydrogens (tertiary/aromatic N) is 5. The molecule has 1 amide bonds. The number of fused-ring (bicyclic) bond motifs is 2. The summed E-state index contributed by atoms with van der Waals surface area (Å²) in [7, 11) is 0. The number of rotatable bonds is 4. The minimum Gasteiger partial charge on any atom is -0.477 e. The number of aromatic nitrogens is 3. The first kappa shape index (κ1) is 18.7. The van der Waals surface area contributed by atoms with Crippen LogP contribution in [0.4, 0.5) is 10.3 Å². The van der Waals surface area contributed by atoms with Gasteiger partial charge in [-0.2, -0.15) is 0 Å².